The zero-order valence-electron chi connectivity index (χ0n) is 8.87. The fourth-order valence-electron chi connectivity index (χ4n) is 2.20. The van der Waals surface area contributed by atoms with E-state index in [0.29, 0.717) is 10.0 Å². The normalized spacial score (nSPS) is 22.8. The Bertz CT molecular complexity index is 495. The maximum atomic E-state index is 11.9. The summed E-state index contributed by atoms with van der Waals surface area (Å²) in [5, 5.41) is 3.88. The van der Waals surface area contributed by atoms with Gasteiger partial charge in [0.2, 0.25) is 5.91 Å². The Morgan fingerprint density at radius 3 is 2.94 bits per heavy atom. The molecule has 3 rings (SSSR count). The van der Waals surface area contributed by atoms with Crippen molar-refractivity contribution >= 4 is 52.2 Å². The Labute approximate surface area is 113 Å². The number of fused-ring (bicyclic) bond motifs is 3. The number of halogens is 2. The van der Waals surface area contributed by atoms with Crippen molar-refractivity contribution in [2.24, 2.45) is 0 Å². The number of benzene rings is 1. The third kappa shape index (κ3) is 1.88. The molecule has 17 heavy (non-hydrogen) atoms. The molecule has 0 spiro atoms. The number of carbonyl (C=O) groups is 1. The molecule has 1 N–H and O–H groups in total. The van der Waals surface area contributed by atoms with Crippen molar-refractivity contribution in [1.82, 2.24) is 0 Å². The Kier molecular flexibility index (Phi) is 2.89. The van der Waals surface area contributed by atoms with Gasteiger partial charge in [-0.2, -0.15) is 11.8 Å². The number of rotatable bonds is 0. The number of carbonyl (C=O) groups excluding carboxylic acids is 1. The van der Waals surface area contributed by atoms with Crippen molar-refractivity contribution in [2.45, 2.75) is 6.04 Å². The molecule has 2 heterocycles. The smallest absolute Gasteiger partial charge is 0.247 e. The van der Waals surface area contributed by atoms with Crippen LogP contribution in [0.15, 0.2) is 12.1 Å². The molecule has 1 fully saturated rings. The highest BCUT2D eigenvalue weighted by Crippen LogP contribution is 2.40. The molecule has 2 aliphatic rings. The molecule has 0 bridgehead atoms. The maximum absolute atomic E-state index is 11.9. The number of hydrogen-bond donors (Lipinski definition) is 1. The van der Waals surface area contributed by atoms with Crippen LogP contribution >= 0.6 is 35.0 Å². The monoisotopic (exact) mass is 288 g/mol. The fraction of sp³-hybridized carbons (Fsp3) is 0.364. The van der Waals surface area contributed by atoms with Gasteiger partial charge in [-0.3, -0.25) is 4.79 Å². The lowest BCUT2D eigenvalue weighted by Crippen LogP contribution is -2.52. The Hall–Kier alpha value is -0.580. The van der Waals surface area contributed by atoms with Gasteiger partial charge in [-0.05, 0) is 12.1 Å². The van der Waals surface area contributed by atoms with Gasteiger partial charge in [-0.1, -0.05) is 23.2 Å². The van der Waals surface area contributed by atoms with Gasteiger partial charge in [0.1, 0.15) is 6.04 Å². The first-order valence-electron chi connectivity index (χ1n) is 5.31. The van der Waals surface area contributed by atoms with Crippen molar-refractivity contribution in [1.29, 1.82) is 0 Å². The van der Waals surface area contributed by atoms with Gasteiger partial charge in [0, 0.05) is 18.1 Å². The molecule has 1 saturated heterocycles. The van der Waals surface area contributed by atoms with Crippen molar-refractivity contribution in [3.05, 3.63) is 22.2 Å². The summed E-state index contributed by atoms with van der Waals surface area (Å²) in [5.41, 5.74) is 1.73. The average molecular weight is 289 g/mol. The van der Waals surface area contributed by atoms with E-state index in [9.17, 15) is 4.79 Å². The SMILES string of the molecule is O=C1Nc2cc(Cl)c(Cl)cc2N2CCSCC12. The summed E-state index contributed by atoms with van der Waals surface area (Å²) in [6.45, 7) is 0.869. The Balaban J connectivity index is 2.10. The van der Waals surface area contributed by atoms with E-state index < -0.39 is 0 Å². The number of nitrogens with zero attached hydrogens (tertiary/aromatic N) is 1. The molecule has 1 aromatic rings. The molecule has 3 nitrogen and oxygen atoms in total. The summed E-state index contributed by atoms with van der Waals surface area (Å²) in [5.74, 6) is 1.90. The second-order valence-corrected chi connectivity index (χ2v) is 6.02. The lowest BCUT2D eigenvalue weighted by atomic mass is 10.1. The van der Waals surface area contributed by atoms with E-state index in [-0.39, 0.29) is 11.9 Å². The molecule has 0 saturated carbocycles. The van der Waals surface area contributed by atoms with Gasteiger partial charge < -0.3 is 10.2 Å². The molecule has 2 aliphatic heterocycles. The van der Waals surface area contributed by atoms with Crippen molar-refractivity contribution in [3.8, 4) is 0 Å². The third-order valence-corrected chi connectivity index (χ3v) is 4.78. The van der Waals surface area contributed by atoms with Crippen LogP contribution in [-0.2, 0) is 4.79 Å². The van der Waals surface area contributed by atoms with Crippen LogP contribution in [0.3, 0.4) is 0 Å². The van der Waals surface area contributed by atoms with Crippen LogP contribution in [0, 0.1) is 0 Å². The number of thioether (sulfide) groups is 1. The topological polar surface area (TPSA) is 32.3 Å². The van der Waals surface area contributed by atoms with Crippen LogP contribution in [0.25, 0.3) is 0 Å². The average Bonchev–Trinajstić information content (AvgIpc) is 2.32. The van der Waals surface area contributed by atoms with Gasteiger partial charge in [0.05, 0.1) is 21.4 Å². The first kappa shape index (κ1) is 11.5. The zero-order chi connectivity index (χ0) is 12.0. The molecule has 1 atom stereocenters. The molecule has 6 heteroatoms. The molecule has 1 unspecified atom stereocenters. The van der Waals surface area contributed by atoms with E-state index >= 15 is 0 Å². The summed E-state index contributed by atoms with van der Waals surface area (Å²) < 4.78 is 0. The van der Waals surface area contributed by atoms with Gasteiger partial charge in [0.15, 0.2) is 0 Å². The van der Waals surface area contributed by atoms with E-state index in [1.54, 1.807) is 17.8 Å². The van der Waals surface area contributed by atoms with Gasteiger partial charge in [0.25, 0.3) is 0 Å². The first-order valence-corrected chi connectivity index (χ1v) is 7.22. The predicted molar refractivity (Wildman–Crippen MR) is 73.6 cm³/mol. The minimum atomic E-state index is -0.0847. The number of amides is 1. The first-order chi connectivity index (χ1) is 8.16. The van der Waals surface area contributed by atoms with Gasteiger partial charge in [-0.25, -0.2) is 0 Å². The Morgan fingerprint density at radius 2 is 2.12 bits per heavy atom. The van der Waals surface area contributed by atoms with E-state index in [1.165, 1.54) is 0 Å². The zero-order valence-corrected chi connectivity index (χ0v) is 11.2. The number of anilines is 2. The van der Waals surface area contributed by atoms with Crippen LogP contribution < -0.4 is 10.2 Å². The predicted octanol–water partition coefficient (Wildman–Crippen LogP) is 2.87. The number of nitrogens with one attached hydrogen (secondary N) is 1. The molecule has 1 aromatic carbocycles. The summed E-state index contributed by atoms with van der Waals surface area (Å²) in [7, 11) is 0. The highest BCUT2D eigenvalue weighted by molar-refractivity contribution is 7.99. The van der Waals surface area contributed by atoms with Crippen molar-refractivity contribution in [3.63, 3.8) is 0 Å². The summed E-state index contributed by atoms with van der Waals surface area (Å²) in [6, 6.07) is 3.47. The van der Waals surface area contributed by atoms with E-state index in [0.717, 1.165) is 29.4 Å². The molecule has 90 valence electrons. The lowest BCUT2D eigenvalue weighted by molar-refractivity contribution is -0.117. The molecule has 0 aromatic heterocycles. The largest absolute Gasteiger partial charge is 0.356 e. The second-order valence-electron chi connectivity index (χ2n) is 4.06. The highest BCUT2D eigenvalue weighted by atomic mass is 35.5. The third-order valence-electron chi connectivity index (χ3n) is 3.04. The van der Waals surface area contributed by atoms with Crippen LogP contribution in [0.5, 0.6) is 0 Å². The van der Waals surface area contributed by atoms with Crippen molar-refractivity contribution in [2.75, 3.05) is 28.3 Å². The number of hydrogen-bond acceptors (Lipinski definition) is 3. The summed E-state index contributed by atoms with van der Waals surface area (Å²) in [4.78, 5) is 14.1. The standard InChI is InChI=1S/C11H10Cl2N2OS/c12-6-3-8-9(4-7(6)13)15-1-2-17-5-10(15)11(16)14-8/h3-4,10H,1-2,5H2,(H,14,16). The quantitative estimate of drug-likeness (QED) is 0.797. The van der Waals surface area contributed by atoms with E-state index in [2.05, 4.69) is 10.2 Å². The minimum absolute atomic E-state index is 0.0445. The maximum Gasteiger partial charge on any atom is 0.247 e. The second kappa shape index (κ2) is 4.26. The summed E-state index contributed by atoms with van der Waals surface area (Å²) >= 11 is 13.8. The lowest BCUT2D eigenvalue weighted by Gasteiger charge is -2.40. The van der Waals surface area contributed by atoms with E-state index in [1.807, 2.05) is 6.07 Å². The van der Waals surface area contributed by atoms with E-state index in [4.69, 9.17) is 23.2 Å². The van der Waals surface area contributed by atoms with Gasteiger partial charge in [-0.15, -0.1) is 0 Å². The summed E-state index contributed by atoms with van der Waals surface area (Å²) in [6.07, 6.45) is 0. The molecular formula is C11H10Cl2N2OS. The Morgan fingerprint density at radius 1 is 1.35 bits per heavy atom. The molecule has 0 aliphatic carbocycles. The molecular weight excluding hydrogens is 279 g/mol. The van der Waals surface area contributed by atoms with Gasteiger partial charge >= 0.3 is 0 Å². The minimum Gasteiger partial charge on any atom is -0.356 e. The fourth-order valence-corrected chi connectivity index (χ4v) is 3.57. The van der Waals surface area contributed by atoms with Crippen LogP contribution in [0.2, 0.25) is 10.0 Å². The molecule has 1 amide bonds. The molecule has 0 radical (unpaired) electrons. The van der Waals surface area contributed by atoms with Crippen LogP contribution in [-0.4, -0.2) is 30.0 Å². The van der Waals surface area contributed by atoms with Crippen molar-refractivity contribution < 1.29 is 4.79 Å². The van der Waals surface area contributed by atoms with Crippen LogP contribution in [0.1, 0.15) is 0 Å². The van der Waals surface area contributed by atoms with Crippen LogP contribution in [0.4, 0.5) is 11.4 Å². The highest BCUT2D eigenvalue weighted by Gasteiger charge is 2.35.